The first-order valence-electron chi connectivity index (χ1n) is 9.01. The van der Waals surface area contributed by atoms with Crippen LogP contribution in [0.4, 0.5) is 0 Å². The number of carbonyl (C=O) groups excluding carboxylic acids is 1. The van der Waals surface area contributed by atoms with E-state index >= 15 is 0 Å². The van der Waals surface area contributed by atoms with Crippen molar-refractivity contribution in [1.82, 2.24) is 15.0 Å². The third-order valence-electron chi connectivity index (χ3n) is 5.19. The van der Waals surface area contributed by atoms with Gasteiger partial charge in [-0.3, -0.25) is 9.78 Å². The minimum absolute atomic E-state index is 0.0703. The van der Waals surface area contributed by atoms with E-state index < -0.39 is 0 Å². The van der Waals surface area contributed by atoms with Crippen LogP contribution in [0.1, 0.15) is 41.1 Å². The molecule has 0 saturated carbocycles. The zero-order valence-electron chi connectivity index (χ0n) is 14.9. The Hall–Kier alpha value is -2.25. The van der Waals surface area contributed by atoms with Gasteiger partial charge in [0.15, 0.2) is 5.69 Å². The van der Waals surface area contributed by atoms with Gasteiger partial charge in [0.1, 0.15) is 5.76 Å². The second-order valence-electron chi connectivity index (χ2n) is 7.11. The summed E-state index contributed by atoms with van der Waals surface area (Å²) in [6.45, 7) is 4.28. The minimum Gasteiger partial charge on any atom is -0.372 e. The maximum absolute atomic E-state index is 12.5. The average Bonchev–Trinajstić information content (AvgIpc) is 3.28. The normalized spacial score (nSPS) is 22.0. The molecule has 7 nitrogen and oxygen atoms in total. The maximum Gasteiger partial charge on any atom is 0.276 e. The number of ether oxygens (including phenoxy) is 2. The number of piperidine rings is 1. The quantitative estimate of drug-likeness (QED) is 0.836. The number of hydrogen-bond acceptors (Lipinski definition) is 6. The predicted octanol–water partition coefficient (Wildman–Crippen LogP) is 2.36. The number of aromatic nitrogens is 2. The Morgan fingerprint density at radius 3 is 2.96 bits per heavy atom. The second-order valence-corrected chi connectivity index (χ2v) is 7.11. The Morgan fingerprint density at radius 2 is 2.27 bits per heavy atom. The molecule has 1 spiro atoms. The van der Waals surface area contributed by atoms with Crippen LogP contribution in [-0.2, 0) is 16.1 Å². The van der Waals surface area contributed by atoms with Crippen LogP contribution in [0.25, 0.3) is 0 Å². The Bertz CT molecular complexity index is 753. The fraction of sp³-hybridized carbons (Fsp3) is 0.526. The third kappa shape index (κ3) is 3.64. The molecular weight excluding hydrogens is 334 g/mol. The number of carbonyl (C=O) groups is 1. The predicted molar refractivity (Wildman–Crippen MR) is 92.5 cm³/mol. The Balaban J connectivity index is 1.28. The molecule has 2 saturated heterocycles. The highest BCUT2D eigenvalue weighted by atomic mass is 16.6. The zero-order chi connectivity index (χ0) is 18.0. The lowest BCUT2D eigenvalue weighted by molar-refractivity contribution is -0.0413. The number of amides is 1. The van der Waals surface area contributed by atoms with Crippen LogP contribution in [0.15, 0.2) is 35.1 Å². The summed E-state index contributed by atoms with van der Waals surface area (Å²) in [5.74, 6) is 0.577. The molecule has 4 heterocycles. The molecule has 4 rings (SSSR count). The number of aryl methyl sites for hydroxylation is 1. The molecule has 7 heteroatoms. The summed E-state index contributed by atoms with van der Waals surface area (Å²) in [5.41, 5.74) is 1.27. The molecule has 0 bridgehead atoms. The van der Waals surface area contributed by atoms with Crippen molar-refractivity contribution in [2.75, 3.05) is 19.7 Å². The van der Waals surface area contributed by atoms with Crippen LogP contribution in [0, 0.1) is 6.92 Å². The van der Waals surface area contributed by atoms with Crippen molar-refractivity contribution in [1.29, 1.82) is 0 Å². The van der Waals surface area contributed by atoms with Crippen molar-refractivity contribution in [3.05, 3.63) is 47.6 Å². The summed E-state index contributed by atoms with van der Waals surface area (Å²) in [6, 6.07) is 5.60. The van der Waals surface area contributed by atoms with Gasteiger partial charge in [-0.25, -0.2) is 0 Å². The molecule has 2 aromatic rings. The summed E-state index contributed by atoms with van der Waals surface area (Å²) in [4.78, 5) is 18.4. The van der Waals surface area contributed by atoms with E-state index in [2.05, 4.69) is 10.1 Å². The van der Waals surface area contributed by atoms with Gasteiger partial charge in [-0.05, 0) is 31.4 Å². The van der Waals surface area contributed by atoms with Gasteiger partial charge in [0.05, 0.1) is 24.9 Å². The smallest absolute Gasteiger partial charge is 0.276 e. The molecule has 26 heavy (non-hydrogen) atoms. The summed E-state index contributed by atoms with van der Waals surface area (Å²) in [6.07, 6.45) is 6.19. The number of rotatable bonds is 4. The van der Waals surface area contributed by atoms with Crippen LogP contribution < -0.4 is 0 Å². The molecule has 0 aromatic carbocycles. The molecule has 2 aromatic heterocycles. The molecule has 0 N–H and O–H groups in total. The number of nitrogens with zero attached hydrogens (tertiary/aromatic N) is 3. The van der Waals surface area contributed by atoms with Crippen LogP contribution in [0.5, 0.6) is 0 Å². The summed E-state index contributed by atoms with van der Waals surface area (Å²) in [5, 5.41) is 3.82. The first-order valence-corrected chi connectivity index (χ1v) is 9.01. The number of hydrogen-bond donors (Lipinski definition) is 0. The van der Waals surface area contributed by atoms with Crippen LogP contribution in [0.3, 0.4) is 0 Å². The lowest BCUT2D eigenvalue weighted by Crippen LogP contribution is -2.46. The first-order chi connectivity index (χ1) is 12.6. The largest absolute Gasteiger partial charge is 0.372 e. The van der Waals surface area contributed by atoms with E-state index in [9.17, 15) is 4.79 Å². The van der Waals surface area contributed by atoms with Crippen molar-refractivity contribution in [3.63, 3.8) is 0 Å². The van der Waals surface area contributed by atoms with Crippen molar-refractivity contribution in [2.45, 2.75) is 44.5 Å². The van der Waals surface area contributed by atoms with Crippen molar-refractivity contribution in [3.8, 4) is 0 Å². The van der Waals surface area contributed by atoms with Crippen LogP contribution >= 0.6 is 0 Å². The Kier molecular flexibility index (Phi) is 4.74. The third-order valence-corrected chi connectivity index (χ3v) is 5.19. The van der Waals surface area contributed by atoms with E-state index in [-0.39, 0.29) is 17.6 Å². The maximum atomic E-state index is 12.5. The Labute approximate surface area is 152 Å². The molecule has 2 fully saturated rings. The molecule has 0 unspecified atom stereocenters. The van der Waals surface area contributed by atoms with E-state index in [0.29, 0.717) is 37.8 Å². The molecule has 0 aliphatic carbocycles. The monoisotopic (exact) mass is 357 g/mol. The lowest BCUT2D eigenvalue weighted by atomic mass is 9.88. The van der Waals surface area contributed by atoms with E-state index in [1.54, 1.807) is 19.2 Å². The van der Waals surface area contributed by atoms with Gasteiger partial charge < -0.3 is 18.9 Å². The van der Waals surface area contributed by atoms with E-state index in [1.807, 2.05) is 23.2 Å². The minimum atomic E-state index is -0.171. The topological polar surface area (TPSA) is 77.7 Å². The van der Waals surface area contributed by atoms with Gasteiger partial charge in [-0.1, -0.05) is 11.2 Å². The molecular formula is C19H23N3O4. The SMILES string of the molecule is Cc1cc(C(=O)N2CCC3(CC2)C[C@@H](OCc2cccnc2)CO3)no1. The molecule has 138 valence electrons. The van der Waals surface area contributed by atoms with Crippen molar-refractivity contribution in [2.24, 2.45) is 0 Å². The van der Waals surface area contributed by atoms with Crippen LogP contribution in [-0.4, -0.2) is 52.3 Å². The van der Waals surface area contributed by atoms with Crippen LogP contribution in [0.2, 0.25) is 0 Å². The van der Waals surface area contributed by atoms with E-state index in [1.165, 1.54) is 0 Å². The summed E-state index contributed by atoms with van der Waals surface area (Å²) < 4.78 is 17.1. The molecule has 2 aliphatic heterocycles. The van der Waals surface area contributed by atoms with E-state index in [4.69, 9.17) is 14.0 Å². The number of pyridine rings is 1. The average molecular weight is 357 g/mol. The highest BCUT2D eigenvalue weighted by Gasteiger charge is 2.44. The fourth-order valence-corrected chi connectivity index (χ4v) is 3.70. The highest BCUT2D eigenvalue weighted by molar-refractivity contribution is 5.92. The van der Waals surface area contributed by atoms with E-state index in [0.717, 1.165) is 24.8 Å². The fourth-order valence-electron chi connectivity index (χ4n) is 3.70. The number of likely N-dealkylation sites (tertiary alicyclic amines) is 1. The summed E-state index contributed by atoms with van der Waals surface area (Å²) >= 11 is 0. The zero-order valence-corrected chi connectivity index (χ0v) is 14.9. The second kappa shape index (κ2) is 7.17. The first kappa shape index (κ1) is 17.2. The molecule has 1 atom stereocenters. The van der Waals surface area contributed by atoms with Crippen molar-refractivity contribution >= 4 is 5.91 Å². The van der Waals surface area contributed by atoms with Gasteiger partial charge in [0.2, 0.25) is 0 Å². The standard InChI is InChI=1S/C19H23N3O4/c1-14-9-17(21-26-14)18(23)22-7-4-19(5-8-22)10-16(13-25-19)24-12-15-3-2-6-20-11-15/h2-3,6,9,11,16H,4-5,7-8,10,12-13H2,1H3/t16-/m1/s1. The lowest BCUT2D eigenvalue weighted by Gasteiger charge is -2.38. The van der Waals surface area contributed by atoms with Gasteiger partial charge in [-0.15, -0.1) is 0 Å². The highest BCUT2D eigenvalue weighted by Crippen LogP contribution is 2.37. The van der Waals surface area contributed by atoms with Gasteiger partial charge in [0.25, 0.3) is 5.91 Å². The molecule has 2 aliphatic rings. The molecule has 1 amide bonds. The van der Waals surface area contributed by atoms with Gasteiger partial charge in [-0.2, -0.15) is 0 Å². The molecule has 0 radical (unpaired) electrons. The van der Waals surface area contributed by atoms with Gasteiger partial charge >= 0.3 is 0 Å². The Morgan fingerprint density at radius 1 is 1.42 bits per heavy atom. The van der Waals surface area contributed by atoms with Gasteiger partial charge in [0, 0.05) is 38.0 Å². The summed E-state index contributed by atoms with van der Waals surface area (Å²) in [7, 11) is 0. The van der Waals surface area contributed by atoms with Crippen molar-refractivity contribution < 1.29 is 18.8 Å².